The highest BCUT2D eigenvalue weighted by Crippen LogP contribution is 2.16. The van der Waals surface area contributed by atoms with Crippen LogP contribution in [-0.2, 0) is 17.8 Å². The van der Waals surface area contributed by atoms with Gasteiger partial charge in [0.15, 0.2) is 0 Å². The Bertz CT molecular complexity index is 517. The number of fused-ring (bicyclic) bond motifs is 1. The molecule has 4 nitrogen and oxygen atoms in total. The largest absolute Gasteiger partial charge is 0.481 e. The van der Waals surface area contributed by atoms with Crippen molar-refractivity contribution in [1.29, 1.82) is 0 Å². The molecule has 0 aliphatic heterocycles. The number of aromatic nitrogens is 2. The number of aryl methyl sites for hydroxylation is 2. The van der Waals surface area contributed by atoms with E-state index in [-0.39, 0.29) is 6.42 Å². The highest BCUT2D eigenvalue weighted by atomic mass is 16.4. The molecule has 0 aliphatic carbocycles. The smallest absolute Gasteiger partial charge is 0.303 e. The van der Waals surface area contributed by atoms with Crippen LogP contribution in [0.3, 0.4) is 0 Å². The Morgan fingerprint density at radius 2 is 2.31 bits per heavy atom. The average molecular weight is 218 g/mol. The Labute approximate surface area is 93.5 Å². The van der Waals surface area contributed by atoms with Crippen LogP contribution in [0.5, 0.6) is 0 Å². The fourth-order valence-corrected chi connectivity index (χ4v) is 1.76. The van der Waals surface area contributed by atoms with E-state index in [9.17, 15) is 4.79 Å². The molecule has 4 heteroatoms. The minimum absolute atomic E-state index is 0.172. The first-order valence-corrected chi connectivity index (χ1v) is 5.36. The molecule has 0 radical (unpaired) electrons. The van der Waals surface area contributed by atoms with Crippen molar-refractivity contribution in [3.8, 4) is 0 Å². The van der Waals surface area contributed by atoms with Gasteiger partial charge in [-0.3, -0.25) is 4.79 Å². The predicted octanol–water partition coefficient (Wildman–Crippen LogP) is 2.07. The Hall–Kier alpha value is -1.84. The van der Waals surface area contributed by atoms with E-state index < -0.39 is 5.97 Å². The van der Waals surface area contributed by atoms with Crippen molar-refractivity contribution >= 4 is 17.0 Å². The SMILES string of the molecule is CCn1cnc2ccc(CCC(=O)O)cc21. The van der Waals surface area contributed by atoms with Crippen LogP contribution in [0.25, 0.3) is 11.0 Å². The number of carboxylic acids is 1. The molecule has 0 aliphatic rings. The lowest BCUT2D eigenvalue weighted by molar-refractivity contribution is -0.136. The van der Waals surface area contributed by atoms with E-state index in [0.29, 0.717) is 6.42 Å². The maximum absolute atomic E-state index is 10.5. The summed E-state index contributed by atoms with van der Waals surface area (Å²) in [5, 5.41) is 8.63. The molecule has 0 saturated heterocycles. The van der Waals surface area contributed by atoms with Gasteiger partial charge in [0.1, 0.15) is 0 Å². The second kappa shape index (κ2) is 4.35. The summed E-state index contributed by atoms with van der Waals surface area (Å²) in [5.74, 6) is -0.760. The van der Waals surface area contributed by atoms with Gasteiger partial charge in [0, 0.05) is 13.0 Å². The van der Waals surface area contributed by atoms with E-state index in [4.69, 9.17) is 5.11 Å². The summed E-state index contributed by atoms with van der Waals surface area (Å²) in [6, 6.07) is 5.91. The Morgan fingerprint density at radius 3 is 3.00 bits per heavy atom. The maximum Gasteiger partial charge on any atom is 0.303 e. The summed E-state index contributed by atoms with van der Waals surface area (Å²) < 4.78 is 2.06. The zero-order valence-electron chi connectivity index (χ0n) is 9.18. The lowest BCUT2D eigenvalue weighted by Gasteiger charge is -2.02. The number of hydrogen-bond donors (Lipinski definition) is 1. The summed E-state index contributed by atoms with van der Waals surface area (Å²) in [6.45, 7) is 2.93. The van der Waals surface area contributed by atoms with Crippen molar-refractivity contribution in [1.82, 2.24) is 9.55 Å². The molecular weight excluding hydrogens is 204 g/mol. The molecule has 0 unspecified atom stereocenters. The number of benzene rings is 1. The van der Waals surface area contributed by atoms with Crippen LogP contribution in [-0.4, -0.2) is 20.6 Å². The highest BCUT2D eigenvalue weighted by molar-refractivity contribution is 5.76. The van der Waals surface area contributed by atoms with Crippen LogP contribution in [0.4, 0.5) is 0 Å². The molecule has 1 heterocycles. The normalized spacial score (nSPS) is 10.8. The Morgan fingerprint density at radius 1 is 1.50 bits per heavy atom. The van der Waals surface area contributed by atoms with Crippen LogP contribution >= 0.6 is 0 Å². The molecule has 0 saturated carbocycles. The van der Waals surface area contributed by atoms with E-state index in [1.807, 2.05) is 24.5 Å². The number of imidazole rings is 1. The molecule has 0 bridgehead atoms. The second-order valence-corrected chi connectivity index (χ2v) is 3.75. The third kappa shape index (κ3) is 2.05. The first-order chi connectivity index (χ1) is 7.70. The highest BCUT2D eigenvalue weighted by Gasteiger charge is 2.04. The monoisotopic (exact) mass is 218 g/mol. The fraction of sp³-hybridized carbons (Fsp3) is 0.333. The number of carbonyl (C=O) groups is 1. The third-order valence-corrected chi connectivity index (χ3v) is 2.65. The zero-order valence-corrected chi connectivity index (χ0v) is 9.18. The van der Waals surface area contributed by atoms with Gasteiger partial charge in [0.2, 0.25) is 0 Å². The molecule has 0 fully saturated rings. The molecule has 0 spiro atoms. The van der Waals surface area contributed by atoms with Gasteiger partial charge >= 0.3 is 5.97 Å². The van der Waals surface area contributed by atoms with E-state index in [1.54, 1.807) is 0 Å². The standard InChI is InChI=1S/C12H14N2O2/c1-2-14-8-13-10-5-3-9(7-11(10)14)4-6-12(15)16/h3,5,7-8H,2,4,6H2,1H3,(H,15,16). The predicted molar refractivity (Wildman–Crippen MR) is 61.4 cm³/mol. The van der Waals surface area contributed by atoms with Crippen molar-refractivity contribution in [2.24, 2.45) is 0 Å². The molecular formula is C12H14N2O2. The van der Waals surface area contributed by atoms with Crippen LogP contribution in [0, 0.1) is 0 Å². The average Bonchev–Trinajstić information content (AvgIpc) is 2.68. The number of aliphatic carboxylic acids is 1. The summed E-state index contributed by atoms with van der Waals surface area (Å²) in [4.78, 5) is 14.8. The minimum atomic E-state index is -0.760. The van der Waals surface area contributed by atoms with Crippen LogP contribution in [0.15, 0.2) is 24.5 Å². The molecule has 0 amide bonds. The van der Waals surface area contributed by atoms with Gasteiger partial charge in [-0.25, -0.2) is 4.98 Å². The second-order valence-electron chi connectivity index (χ2n) is 3.75. The van der Waals surface area contributed by atoms with Gasteiger partial charge in [0.25, 0.3) is 0 Å². The molecule has 2 rings (SSSR count). The van der Waals surface area contributed by atoms with Crippen molar-refractivity contribution < 1.29 is 9.90 Å². The first kappa shape index (κ1) is 10.7. The van der Waals surface area contributed by atoms with E-state index in [1.165, 1.54) is 0 Å². The van der Waals surface area contributed by atoms with Crippen molar-refractivity contribution in [2.75, 3.05) is 0 Å². The molecule has 0 atom stereocenters. The number of hydrogen-bond acceptors (Lipinski definition) is 2. The number of carboxylic acid groups (broad SMARTS) is 1. The van der Waals surface area contributed by atoms with Gasteiger partial charge in [-0.15, -0.1) is 0 Å². The van der Waals surface area contributed by atoms with Gasteiger partial charge in [-0.1, -0.05) is 6.07 Å². The van der Waals surface area contributed by atoms with Crippen molar-refractivity contribution in [3.63, 3.8) is 0 Å². The van der Waals surface area contributed by atoms with Gasteiger partial charge in [0.05, 0.1) is 17.4 Å². The van der Waals surface area contributed by atoms with E-state index in [2.05, 4.69) is 16.5 Å². The summed E-state index contributed by atoms with van der Waals surface area (Å²) in [6.07, 6.45) is 2.55. The topological polar surface area (TPSA) is 55.1 Å². The zero-order chi connectivity index (χ0) is 11.5. The summed E-state index contributed by atoms with van der Waals surface area (Å²) in [5.41, 5.74) is 3.08. The molecule has 1 aromatic carbocycles. The molecule has 1 N–H and O–H groups in total. The minimum Gasteiger partial charge on any atom is -0.481 e. The number of nitrogens with zero attached hydrogens (tertiary/aromatic N) is 2. The van der Waals surface area contributed by atoms with E-state index >= 15 is 0 Å². The van der Waals surface area contributed by atoms with Crippen LogP contribution < -0.4 is 0 Å². The van der Waals surface area contributed by atoms with Crippen LogP contribution in [0.1, 0.15) is 18.9 Å². The van der Waals surface area contributed by atoms with Crippen molar-refractivity contribution in [2.45, 2.75) is 26.3 Å². The maximum atomic E-state index is 10.5. The lowest BCUT2D eigenvalue weighted by atomic mass is 10.1. The Kier molecular flexibility index (Phi) is 2.90. The van der Waals surface area contributed by atoms with Gasteiger partial charge in [-0.05, 0) is 31.0 Å². The lowest BCUT2D eigenvalue weighted by Crippen LogP contribution is -1.98. The number of rotatable bonds is 4. The van der Waals surface area contributed by atoms with Crippen molar-refractivity contribution in [3.05, 3.63) is 30.1 Å². The molecule has 1 aromatic heterocycles. The molecule has 16 heavy (non-hydrogen) atoms. The summed E-state index contributed by atoms with van der Waals surface area (Å²) >= 11 is 0. The summed E-state index contributed by atoms with van der Waals surface area (Å²) in [7, 11) is 0. The van der Waals surface area contributed by atoms with E-state index in [0.717, 1.165) is 23.1 Å². The van der Waals surface area contributed by atoms with Gasteiger partial charge in [-0.2, -0.15) is 0 Å². The quantitative estimate of drug-likeness (QED) is 0.854. The molecule has 84 valence electrons. The van der Waals surface area contributed by atoms with Gasteiger partial charge < -0.3 is 9.67 Å². The third-order valence-electron chi connectivity index (χ3n) is 2.65. The first-order valence-electron chi connectivity index (χ1n) is 5.36. The Balaban J connectivity index is 2.30. The fourth-order valence-electron chi connectivity index (χ4n) is 1.76. The van der Waals surface area contributed by atoms with Crippen LogP contribution in [0.2, 0.25) is 0 Å². The molecule has 2 aromatic rings.